The van der Waals surface area contributed by atoms with Crippen LogP contribution in [0.15, 0.2) is 77.7 Å². The SMILES string of the molecule is O=C(Nc1cccc(SCc2ccccc2F)c1)c1cccc([N+](=O)[O-])c1. The number of nitro benzene ring substituents is 1. The van der Waals surface area contributed by atoms with Crippen LogP contribution in [0.5, 0.6) is 0 Å². The van der Waals surface area contributed by atoms with E-state index in [2.05, 4.69) is 5.32 Å². The molecule has 0 aromatic heterocycles. The second-order valence-corrected chi connectivity index (χ2v) is 6.72. The van der Waals surface area contributed by atoms with Gasteiger partial charge in [-0.2, -0.15) is 0 Å². The molecule has 0 saturated heterocycles. The normalized spacial score (nSPS) is 10.4. The van der Waals surface area contributed by atoms with E-state index in [9.17, 15) is 19.3 Å². The van der Waals surface area contributed by atoms with E-state index in [0.717, 1.165) is 4.90 Å². The van der Waals surface area contributed by atoms with E-state index in [1.807, 2.05) is 6.07 Å². The molecule has 0 fully saturated rings. The van der Waals surface area contributed by atoms with Gasteiger partial charge in [0.2, 0.25) is 0 Å². The number of rotatable bonds is 6. The zero-order valence-corrected chi connectivity index (χ0v) is 14.9. The average molecular weight is 382 g/mol. The summed E-state index contributed by atoms with van der Waals surface area (Å²) in [6, 6.07) is 19.3. The standard InChI is InChI=1S/C20H15FN2O3S/c21-19-10-2-1-5-15(19)13-27-18-9-4-7-16(12-18)22-20(24)14-6-3-8-17(11-14)23(25)26/h1-12H,13H2,(H,22,24). The predicted octanol–water partition coefficient (Wildman–Crippen LogP) is 5.28. The lowest BCUT2D eigenvalue weighted by Gasteiger charge is -2.08. The van der Waals surface area contributed by atoms with Crippen molar-refractivity contribution in [3.63, 3.8) is 0 Å². The van der Waals surface area contributed by atoms with E-state index in [-0.39, 0.29) is 17.1 Å². The molecule has 5 nitrogen and oxygen atoms in total. The lowest BCUT2D eigenvalue weighted by molar-refractivity contribution is -0.384. The first kappa shape index (κ1) is 18.6. The number of anilines is 1. The lowest BCUT2D eigenvalue weighted by atomic mass is 10.2. The monoisotopic (exact) mass is 382 g/mol. The number of nitrogens with zero attached hydrogens (tertiary/aromatic N) is 1. The quantitative estimate of drug-likeness (QED) is 0.358. The second-order valence-electron chi connectivity index (χ2n) is 5.67. The molecule has 1 amide bonds. The number of benzene rings is 3. The molecule has 0 aliphatic heterocycles. The van der Waals surface area contributed by atoms with Gasteiger partial charge in [-0.25, -0.2) is 4.39 Å². The first-order valence-electron chi connectivity index (χ1n) is 8.05. The number of halogens is 1. The van der Waals surface area contributed by atoms with Crippen LogP contribution in [0.2, 0.25) is 0 Å². The van der Waals surface area contributed by atoms with Crippen LogP contribution in [-0.4, -0.2) is 10.8 Å². The Morgan fingerprint density at radius 1 is 1.04 bits per heavy atom. The molecular formula is C20H15FN2O3S. The highest BCUT2D eigenvalue weighted by Gasteiger charge is 2.12. The van der Waals surface area contributed by atoms with Crippen LogP contribution in [0.4, 0.5) is 15.8 Å². The maximum absolute atomic E-state index is 13.7. The third-order valence-electron chi connectivity index (χ3n) is 3.76. The minimum atomic E-state index is -0.545. The molecule has 0 saturated carbocycles. The van der Waals surface area contributed by atoms with Gasteiger partial charge < -0.3 is 5.32 Å². The Balaban J connectivity index is 1.68. The molecule has 3 aromatic carbocycles. The summed E-state index contributed by atoms with van der Waals surface area (Å²) in [6.45, 7) is 0. The molecule has 0 radical (unpaired) electrons. The minimum absolute atomic E-state index is 0.142. The van der Waals surface area contributed by atoms with Gasteiger partial charge in [-0.15, -0.1) is 11.8 Å². The van der Waals surface area contributed by atoms with E-state index >= 15 is 0 Å². The molecule has 0 spiro atoms. The van der Waals surface area contributed by atoms with Gasteiger partial charge >= 0.3 is 0 Å². The average Bonchev–Trinajstić information content (AvgIpc) is 2.68. The van der Waals surface area contributed by atoms with E-state index in [0.29, 0.717) is 17.0 Å². The fourth-order valence-corrected chi connectivity index (χ4v) is 3.35. The summed E-state index contributed by atoms with van der Waals surface area (Å²) >= 11 is 1.45. The maximum atomic E-state index is 13.7. The van der Waals surface area contributed by atoms with Crippen molar-refractivity contribution >= 4 is 29.0 Å². The molecule has 27 heavy (non-hydrogen) atoms. The number of nitrogens with one attached hydrogen (secondary N) is 1. The van der Waals surface area contributed by atoms with Crippen LogP contribution in [0, 0.1) is 15.9 Å². The zero-order valence-electron chi connectivity index (χ0n) is 14.1. The molecule has 7 heteroatoms. The number of non-ortho nitro benzene ring substituents is 1. The van der Waals surface area contributed by atoms with Crippen LogP contribution < -0.4 is 5.32 Å². The highest BCUT2D eigenvalue weighted by Crippen LogP contribution is 2.26. The Morgan fingerprint density at radius 3 is 2.59 bits per heavy atom. The topological polar surface area (TPSA) is 72.2 Å². The number of carbonyl (C=O) groups is 1. The molecule has 0 unspecified atom stereocenters. The smallest absolute Gasteiger partial charge is 0.270 e. The maximum Gasteiger partial charge on any atom is 0.270 e. The molecule has 0 aliphatic carbocycles. The Labute approximate surface area is 159 Å². The summed E-state index contributed by atoms with van der Waals surface area (Å²) in [5, 5.41) is 13.6. The molecule has 0 bridgehead atoms. The predicted molar refractivity (Wildman–Crippen MR) is 103 cm³/mol. The van der Waals surface area contributed by atoms with Gasteiger partial charge in [-0.3, -0.25) is 14.9 Å². The largest absolute Gasteiger partial charge is 0.322 e. The Bertz CT molecular complexity index is 994. The summed E-state index contributed by atoms with van der Waals surface area (Å²) in [5.74, 6) is -0.218. The van der Waals surface area contributed by atoms with Crippen LogP contribution in [0.3, 0.4) is 0 Å². The highest BCUT2D eigenvalue weighted by molar-refractivity contribution is 7.98. The highest BCUT2D eigenvalue weighted by atomic mass is 32.2. The van der Waals surface area contributed by atoms with Crippen LogP contribution in [0.1, 0.15) is 15.9 Å². The molecule has 1 N–H and O–H groups in total. The van der Waals surface area contributed by atoms with Gasteiger partial charge in [0.05, 0.1) is 4.92 Å². The number of amides is 1. The number of nitro groups is 1. The fourth-order valence-electron chi connectivity index (χ4n) is 2.40. The first-order chi connectivity index (χ1) is 13.0. The van der Waals surface area contributed by atoms with Gasteiger partial charge in [-0.05, 0) is 35.9 Å². The third kappa shape index (κ3) is 4.92. The number of hydrogen-bond donors (Lipinski definition) is 1. The lowest BCUT2D eigenvalue weighted by Crippen LogP contribution is -2.12. The van der Waals surface area contributed by atoms with Gasteiger partial charge in [0.1, 0.15) is 5.82 Å². The Kier molecular flexibility index (Phi) is 5.83. The van der Waals surface area contributed by atoms with Crippen molar-refractivity contribution in [1.29, 1.82) is 0 Å². The second kappa shape index (κ2) is 8.46. The van der Waals surface area contributed by atoms with E-state index < -0.39 is 10.8 Å². The van der Waals surface area contributed by atoms with Crippen LogP contribution in [0.25, 0.3) is 0 Å². The van der Waals surface area contributed by atoms with Gasteiger partial charge in [0.25, 0.3) is 11.6 Å². The number of carbonyl (C=O) groups excluding carboxylic acids is 1. The summed E-state index contributed by atoms with van der Waals surface area (Å²) < 4.78 is 13.7. The van der Waals surface area contributed by atoms with Crippen molar-refractivity contribution in [2.75, 3.05) is 5.32 Å². The summed E-state index contributed by atoms with van der Waals surface area (Å²) in [7, 11) is 0. The molecule has 3 aromatic rings. The van der Waals surface area contributed by atoms with E-state index in [1.165, 1.54) is 42.1 Å². The number of thioether (sulfide) groups is 1. The Morgan fingerprint density at radius 2 is 1.81 bits per heavy atom. The van der Waals surface area contributed by atoms with Crippen molar-refractivity contribution in [3.8, 4) is 0 Å². The molecule has 0 aliphatic rings. The van der Waals surface area contributed by atoms with Gasteiger partial charge in [0.15, 0.2) is 0 Å². The third-order valence-corrected chi connectivity index (χ3v) is 4.81. The summed E-state index contributed by atoms with van der Waals surface area (Å²) in [4.78, 5) is 23.5. The fraction of sp³-hybridized carbons (Fsp3) is 0.0500. The van der Waals surface area contributed by atoms with Crippen LogP contribution in [-0.2, 0) is 5.75 Å². The summed E-state index contributed by atoms with van der Waals surface area (Å²) in [5.41, 5.74) is 1.23. The van der Waals surface area contributed by atoms with Crippen LogP contribution >= 0.6 is 11.8 Å². The molecule has 136 valence electrons. The van der Waals surface area contributed by atoms with Crippen molar-refractivity contribution in [1.82, 2.24) is 0 Å². The van der Waals surface area contributed by atoms with Crippen molar-refractivity contribution in [2.24, 2.45) is 0 Å². The number of hydrogen-bond acceptors (Lipinski definition) is 4. The molecule has 3 rings (SSSR count). The van der Waals surface area contributed by atoms with E-state index in [4.69, 9.17) is 0 Å². The molecule has 0 heterocycles. The zero-order chi connectivity index (χ0) is 19.2. The van der Waals surface area contributed by atoms with Crippen molar-refractivity contribution in [2.45, 2.75) is 10.6 Å². The van der Waals surface area contributed by atoms with Crippen molar-refractivity contribution in [3.05, 3.63) is 99.9 Å². The van der Waals surface area contributed by atoms with Gasteiger partial charge in [0, 0.05) is 34.0 Å². The molecule has 0 atom stereocenters. The van der Waals surface area contributed by atoms with Gasteiger partial charge in [-0.1, -0.05) is 30.3 Å². The summed E-state index contributed by atoms with van der Waals surface area (Å²) in [6.07, 6.45) is 0. The Hall–Kier alpha value is -3.19. The first-order valence-corrected chi connectivity index (χ1v) is 9.03. The van der Waals surface area contributed by atoms with E-state index in [1.54, 1.807) is 36.4 Å². The molecular weight excluding hydrogens is 367 g/mol. The van der Waals surface area contributed by atoms with Crippen molar-refractivity contribution < 1.29 is 14.1 Å². The minimum Gasteiger partial charge on any atom is -0.322 e.